The van der Waals surface area contributed by atoms with E-state index >= 15 is 0 Å². The minimum atomic E-state index is -0.579. The molecule has 0 bridgehead atoms. The minimum absolute atomic E-state index is 0.0288. The third-order valence-electron chi connectivity index (χ3n) is 4.76. The lowest BCUT2D eigenvalue weighted by Crippen LogP contribution is -2.20. The predicted octanol–water partition coefficient (Wildman–Crippen LogP) is 4.98. The molecule has 1 aromatic heterocycles. The number of fused-ring (bicyclic) bond motifs is 1. The van der Waals surface area contributed by atoms with Gasteiger partial charge in [-0.05, 0) is 55.0 Å². The van der Waals surface area contributed by atoms with E-state index in [9.17, 15) is 19.3 Å². The van der Waals surface area contributed by atoms with Crippen molar-refractivity contribution in [3.05, 3.63) is 108 Å². The molecule has 0 N–H and O–H groups in total. The zero-order valence-corrected chi connectivity index (χ0v) is 18.8. The molecule has 166 valence electrons. The van der Waals surface area contributed by atoms with Crippen LogP contribution in [0.3, 0.4) is 0 Å². The van der Waals surface area contributed by atoms with Gasteiger partial charge in [0.05, 0.1) is 22.0 Å². The minimum Gasteiger partial charge on any atom is -0.482 e. The van der Waals surface area contributed by atoms with Gasteiger partial charge >= 0.3 is 5.69 Å². The van der Waals surface area contributed by atoms with Crippen molar-refractivity contribution in [2.24, 2.45) is 5.10 Å². The second-order valence-corrected chi connectivity index (χ2v) is 8.00. The summed E-state index contributed by atoms with van der Waals surface area (Å²) in [5, 5.41) is 16.1. The van der Waals surface area contributed by atoms with E-state index in [4.69, 9.17) is 4.74 Å². The first-order valence-electron chi connectivity index (χ1n) is 9.71. The first-order valence-corrected chi connectivity index (χ1v) is 10.5. The number of hydrogen-bond acceptors (Lipinski definition) is 6. The topological polar surface area (TPSA) is 99.6 Å². The predicted molar refractivity (Wildman–Crippen MR) is 125 cm³/mol. The number of ether oxygens (including phenoxy) is 1. The van der Waals surface area contributed by atoms with Gasteiger partial charge in [-0.2, -0.15) is 9.78 Å². The number of aryl methyl sites for hydroxylation is 1. The monoisotopic (exact) mass is 510 g/mol. The van der Waals surface area contributed by atoms with Crippen molar-refractivity contribution in [2.75, 3.05) is 0 Å². The normalized spacial score (nSPS) is 11.2. The second kappa shape index (κ2) is 9.29. The molecule has 3 aromatic carbocycles. The molecule has 0 aliphatic heterocycles. The third-order valence-corrected chi connectivity index (χ3v) is 5.25. The van der Waals surface area contributed by atoms with Gasteiger partial charge in [0.2, 0.25) is 0 Å². The number of rotatable bonds is 6. The molecule has 0 amide bonds. The van der Waals surface area contributed by atoms with Crippen LogP contribution in [0, 0.1) is 22.9 Å². The van der Waals surface area contributed by atoms with Gasteiger partial charge in [-0.3, -0.25) is 14.9 Å². The van der Waals surface area contributed by atoms with E-state index in [0.717, 1.165) is 9.15 Å². The molecular weight excluding hydrogens is 495 g/mol. The van der Waals surface area contributed by atoms with Crippen LogP contribution in [0.25, 0.3) is 10.9 Å². The molecule has 0 atom stereocenters. The standard InChI is InChI=1S/C23H16BrFN4O4/c1-14-27-20-7-6-17(24)11-19(20)23(30)28(14)26-12-15-5-8-22(21(10-15)29(31)32)33-13-16-3-2-4-18(25)9-16/h2-12H,13H2,1H3. The molecule has 33 heavy (non-hydrogen) atoms. The molecule has 0 aliphatic rings. The van der Waals surface area contributed by atoms with Crippen LogP contribution in [0.2, 0.25) is 0 Å². The fraction of sp³-hybridized carbons (Fsp3) is 0.0870. The number of nitrogens with zero attached hydrogens (tertiary/aromatic N) is 4. The largest absolute Gasteiger partial charge is 0.482 e. The van der Waals surface area contributed by atoms with Gasteiger partial charge in [-0.25, -0.2) is 9.37 Å². The van der Waals surface area contributed by atoms with E-state index in [1.807, 2.05) is 0 Å². The number of nitro benzene ring substituents is 1. The Bertz CT molecular complexity index is 1470. The lowest BCUT2D eigenvalue weighted by Gasteiger charge is -2.08. The van der Waals surface area contributed by atoms with Crippen molar-refractivity contribution < 1.29 is 14.1 Å². The fourth-order valence-electron chi connectivity index (χ4n) is 3.19. The highest BCUT2D eigenvalue weighted by Gasteiger charge is 2.16. The van der Waals surface area contributed by atoms with E-state index in [2.05, 4.69) is 26.0 Å². The van der Waals surface area contributed by atoms with Crippen molar-refractivity contribution in [1.82, 2.24) is 9.66 Å². The van der Waals surface area contributed by atoms with Crippen LogP contribution in [-0.2, 0) is 6.61 Å². The van der Waals surface area contributed by atoms with Gasteiger partial charge in [0.25, 0.3) is 5.56 Å². The number of aromatic nitrogens is 2. The van der Waals surface area contributed by atoms with Crippen molar-refractivity contribution in [3.8, 4) is 5.75 Å². The summed E-state index contributed by atoms with van der Waals surface area (Å²) >= 11 is 3.34. The van der Waals surface area contributed by atoms with Crippen molar-refractivity contribution in [1.29, 1.82) is 0 Å². The van der Waals surface area contributed by atoms with Crippen LogP contribution in [0.5, 0.6) is 5.75 Å². The Kier molecular flexibility index (Phi) is 6.27. The highest BCUT2D eigenvalue weighted by molar-refractivity contribution is 9.10. The quantitative estimate of drug-likeness (QED) is 0.207. The number of nitro groups is 1. The van der Waals surface area contributed by atoms with E-state index in [1.165, 1.54) is 36.5 Å². The Labute approximate surface area is 195 Å². The molecule has 8 nitrogen and oxygen atoms in total. The fourth-order valence-corrected chi connectivity index (χ4v) is 3.55. The zero-order chi connectivity index (χ0) is 23.5. The number of halogens is 2. The summed E-state index contributed by atoms with van der Waals surface area (Å²) in [7, 11) is 0. The molecule has 0 saturated heterocycles. The van der Waals surface area contributed by atoms with E-state index in [1.54, 1.807) is 37.3 Å². The summed E-state index contributed by atoms with van der Waals surface area (Å²) in [4.78, 5) is 28.2. The van der Waals surface area contributed by atoms with Crippen LogP contribution in [0.15, 0.2) is 75.0 Å². The van der Waals surface area contributed by atoms with Crippen molar-refractivity contribution in [3.63, 3.8) is 0 Å². The third kappa shape index (κ3) is 4.96. The number of benzene rings is 3. The Morgan fingerprint density at radius 1 is 1.21 bits per heavy atom. The summed E-state index contributed by atoms with van der Waals surface area (Å²) in [6.45, 7) is 1.62. The van der Waals surface area contributed by atoms with Gasteiger partial charge < -0.3 is 4.74 Å². The maximum atomic E-state index is 13.3. The molecule has 10 heteroatoms. The maximum absolute atomic E-state index is 13.3. The molecule has 0 spiro atoms. The maximum Gasteiger partial charge on any atom is 0.311 e. The van der Waals surface area contributed by atoms with E-state index < -0.39 is 10.7 Å². The lowest BCUT2D eigenvalue weighted by molar-refractivity contribution is -0.385. The highest BCUT2D eigenvalue weighted by Crippen LogP contribution is 2.28. The number of hydrogen-bond donors (Lipinski definition) is 0. The summed E-state index contributed by atoms with van der Waals surface area (Å²) in [6.07, 6.45) is 1.34. The van der Waals surface area contributed by atoms with Crippen LogP contribution in [0.4, 0.5) is 10.1 Å². The van der Waals surface area contributed by atoms with Crippen LogP contribution in [0.1, 0.15) is 17.0 Å². The van der Waals surface area contributed by atoms with Crippen LogP contribution < -0.4 is 10.3 Å². The Hall–Kier alpha value is -3.92. The smallest absolute Gasteiger partial charge is 0.311 e. The highest BCUT2D eigenvalue weighted by atomic mass is 79.9. The average molecular weight is 511 g/mol. The lowest BCUT2D eigenvalue weighted by atomic mass is 10.2. The molecule has 4 aromatic rings. The summed E-state index contributed by atoms with van der Waals surface area (Å²) in [5.74, 6) is -0.0131. The molecule has 0 aliphatic carbocycles. The SMILES string of the molecule is Cc1nc2ccc(Br)cc2c(=O)n1N=Cc1ccc(OCc2cccc(F)c2)c([N+](=O)[O-])c1. The molecular formula is C23H16BrFN4O4. The Morgan fingerprint density at radius 2 is 2.03 bits per heavy atom. The summed E-state index contributed by atoms with van der Waals surface area (Å²) in [6, 6.07) is 15.3. The van der Waals surface area contributed by atoms with Crippen LogP contribution >= 0.6 is 15.9 Å². The summed E-state index contributed by atoms with van der Waals surface area (Å²) < 4.78 is 20.7. The molecule has 4 rings (SSSR count). The second-order valence-electron chi connectivity index (χ2n) is 7.08. The molecule has 0 fully saturated rings. The van der Waals surface area contributed by atoms with Gasteiger partial charge in [0.1, 0.15) is 18.2 Å². The zero-order valence-electron chi connectivity index (χ0n) is 17.2. The van der Waals surface area contributed by atoms with Gasteiger partial charge in [0.15, 0.2) is 5.75 Å². The molecule has 1 heterocycles. The van der Waals surface area contributed by atoms with Crippen molar-refractivity contribution >= 4 is 38.7 Å². The molecule has 0 saturated carbocycles. The molecule has 0 unspecified atom stereocenters. The van der Waals surface area contributed by atoms with Crippen molar-refractivity contribution in [2.45, 2.75) is 13.5 Å². The van der Waals surface area contributed by atoms with Gasteiger partial charge in [-0.1, -0.05) is 28.1 Å². The van der Waals surface area contributed by atoms with Gasteiger partial charge in [0, 0.05) is 16.1 Å². The first-order chi connectivity index (χ1) is 15.8. The van der Waals surface area contributed by atoms with E-state index in [-0.39, 0.29) is 23.6 Å². The average Bonchev–Trinajstić information content (AvgIpc) is 2.78. The molecule has 0 radical (unpaired) electrons. The Morgan fingerprint density at radius 3 is 2.79 bits per heavy atom. The van der Waals surface area contributed by atoms with Crippen LogP contribution in [-0.4, -0.2) is 20.8 Å². The Balaban J connectivity index is 1.63. The van der Waals surface area contributed by atoms with Gasteiger partial charge in [-0.15, -0.1) is 0 Å². The first kappa shape index (κ1) is 22.3. The van der Waals surface area contributed by atoms with E-state index in [0.29, 0.717) is 27.9 Å². The summed E-state index contributed by atoms with van der Waals surface area (Å²) in [5.41, 5.74) is 0.836.